The van der Waals surface area contributed by atoms with E-state index in [0.29, 0.717) is 0 Å². The van der Waals surface area contributed by atoms with Crippen LogP contribution in [0.1, 0.15) is 0 Å². The average Bonchev–Trinajstić information content (AvgIpc) is 2.53. The van der Waals surface area contributed by atoms with Crippen LogP contribution in [0.3, 0.4) is 0 Å². The van der Waals surface area contributed by atoms with Crippen molar-refractivity contribution in [2.75, 3.05) is 5.73 Å². The Labute approximate surface area is 87.1 Å². The Kier molecular flexibility index (Phi) is 1.63. The molecular formula is C11H8N2Se. The van der Waals surface area contributed by atoms with E-state index in [9.17, 15) is 0 Å². The number of fused-ring (bicyclic) bond motifs is 2. The molecule has 1 heterocycles. The number of nitrogens with zero attached hydrogens (tertiary/aromatic N) is 1. The van der Waals surface area contributed by atoms with Gasteiger partial charge in [0.05, 0.1) is 0 Å². The van der Waals surface area contributed by atoms with Gasteiger partial charge in [-0.2, -0.15) is 0 Å². The molecule has 14 heavy (non-hydrogen) atoms. The molecule has 2 nitrogen and oxygen atoms in total. The minimum absolute atomic E-state index is 0.235. The molecule has 1 aromatic heterocycles. The van der Waals surface area contributed by atoms with Gasteiger partial charge in [-0.25, -0.2) is 0 Å². The SMILES string of the molecule is Nc1nc2cc3ccccc3cc2[se]1. The number of rotatable bonds is 0. The van der Waals surface area contributed by atoms with Gasteiger partial charge in [-0.1, -0.05) is 0 Å². The van der Waals surface area contributed by atoms with E-state index in [1.54, 1.807) is 0 Å². The number of anilines is 1. The summed E-state index contributed by atoms with van der Waals surface area (Å²) in [6.07, 6.45) is 0. The third-order valence-electron chi connectivity index (χ3n) is 2.27. The van der Waals surface area contributed by atoms with Crippen LogP contribution in [0.5, 0.6) is 0 Å². The van der Waals surface area contributed by atoms with Crippen LogP contribution in [-0.2, 0) is 0 Å². The van der Waals surface area contributed by atoms with Crippen LogP contribution in [-0.4, -0.2) is 19.5 Å². The van der Waals surface area contributed by atoms with E-state index < -0.39 is 0 Å². The molecule has 0 aliphatic rings. The molecule has 2 aromatic carbocycles. The molecule has 68 valence electrons. The van der Waals surface area contributed by atoms with Gasteiger partial charge < -0.3 is 0 Å². The van der Waals surface area contributed by atoms with Crippen molar-refractivity contribution in [1.82, 2.24) is 4.98 Å². The molecule has 0 saturated carbocycles. The Balaban J connectivity index is 2.51. The summed E-state index contributed by atoms with van der Waals surface area (Å²) in [6.45, 7) is 0. The third kappa shape index (κ3) is 1.14. The van der Waals surface area contributed by atoms with E-state index >= 15 is 0 Å². The first kappa shape index (κ1) is 8.04. The molecule has 0 bridgehead atoms. The van der Waals surface area contributed by atoms with Crippen LogP contribution in [0.4, 0.5) is 4.69 Å². The van der Waals surface area contributed by atoms with Gasteiger partial charge in [-0.05, 0) is 0 Å². The molecular weight excluding hydrogens is 239 g/mol. The first-order valence-corrected chi connectivity index (χ1v) is 6.09. The Morgan fingerprint density at radius 3 is 2.57 bits per heavy atom. The van der Waals surface area contributed by atoms with E-state index in [1.807, 2.05) is 6.07 Å². The summed E-state index contributed by atoms with van der Waals surface area (Å²) in [5.74, 6) is 0. The van der Waals surface area contributed by atoms with Gasteiger partial charge in [0.1, 0.15) is 0 Å². The average molecular weight is 247 g/mol. The molecule has 2 N–H and O–H groups in total. The number of nitrogen functional groups attached to an aromatic ring is 1. The van der Waals surface area contributed by atoms with Gasteiger partial charge in [0.2, 0.25) is 0 Å². The number of hydrogen-bond acceptors (Lipinski definition) is 2. The van der Waals surface area contributed by atoms with E-state index in [1.165, 1.54) is 15.0 Å². The minimum atomic E-state index is 0.235. The van der Waals surface area contributed by atoms with Crippen molar-refractivity contribution >= 4 is 39.7 Å². The topological polar surface area (TPSA) is 38.9 Å². The fourth-order valence-electron chi connectivity index (χ4n) is 1.63. The summed E-state index contributed by atoms with van der Waals surface area (Å²) in [6, 6.07) is 12.6. The van der Waals surface area contributed by atoms with Crippen molar-refractivity contribution in [1.29, 1.82) is 0 Å². The van der Waals surface area contributed by atoms with Crippen molar-refractivity contribution < 1.29 is 0 Å². The van der Waals surface area contributed by atoms with Crippen molar-refractivity contribution in [3.8, 4) is 0 Å². The van der Waals surface area contributed by atoms with Crippen LogP contribution < -0.4 is 5.73 Å². The zero-order valence-corrected chi connectivity index (χ0v) is 9.11. The molecule has 0 aliphatic heterocycles. The van der Waals surface area contributed by atoms with Crippen LogP contribution in [0.15, 0.2) is 36.4 Å². The molecule has 0 atom stereocenters. The van der Waals surface area contributed by atoms with Crippen LogP contribution in [0.25, 0.3) is 20.5 Å². The van der Waals surface area contributed by atoms with Gasteiger partial charge in [-0.15, -0.1) is 0 Å². The van der Waals surface area contributed by atoms with Crippen molar-refractivity contribution in [3.63, 3.8) is 0 Å². The Hall–Kier alpha value is -1.31. The van der Waals surface area contributed by atoms with Gasteiger partial charge in [0.25, 0.3) is 0 Å². The molecule has 3 rings (SSSR count). The molecule has 3 aromatic rings. The normalized spacial score (nSPS) is 11.1. The third-order valence-corrected chi connectivity index (χ3v) is 4.05. The van der Waals surface area contributed by atoms with E-state index in [4.69, 9.17) is 5.73 Å². The summed E-state index contributed by atoms with van der Waals surface area (Å²) in [5, 5.41) is 2.51. The van der Waals surface area contributed by atoms with Gasteiger partial charge in [0, 0.05) is 0 Å². The summed E-state index contributed by atoms with van der Waals surface area (Å²) < 4.78 is 2.08. The second-order valence-corrected chi connectivity index (χ2v) is 5.45. The maximum absolute atomic E-state index is 5.73. The van der Waals surface area contributed by atoms with Crippen LogP contribution in [0, 0.1) is 0 Å². The number of benzene rings is 2. The van der Waals surface area contributed by atoms with E-state index in [-0.39, 0.29) is 14.5 Å². The predicted octanol–water partition coefficient (Wildman–Crippen LogP) is 2.03. The monoisotopic (exact) mass is 248 g/mol. The molecule has 0 spiro atoms. The Morgan fingerprint density at radius 1 is 1.07 bits per heavy atom. The van der Waals surface area contributed by atoms with Crippen molar-refractivity contribution in [2.45, 2.75) is 0 Å². The molecule has 3 heteroatoms. The number of hydrogen-bond donors (Lipinski definition) is 1. The summed E-state index contributed by atoms with van der Waals surface area (Å²) in [7, 11) is 0. The van der Waals surface area contributed by atoms with E-state index in [2.05, 4.69) is 35.3 Å². The van der Waals surface area contributed by atoms with Gasteiger partial charge in [-0.3, -0.25) is 0 Å². The molecule has 0 radical (unpaired) electrons. The Bertz CT molecular complexity index is 560. The molecule has 0 amide bonds. The molecule has 0 unspecified atom stereocenters. The fourth-order valence-corrected chi connectivity index (χ4v) is 3.23. The van der Waals surface area contributed by atoms with Crippen LogP contribution in [0.2, 0.25) is 0 Å². The second-order valence-electron chi connectivity index (χ2n) is 3.22. The molecule has 0 aliphatic carbocycles. The zero-order valence-electron chi connectivity index (χ0n) is 7.40. The number of aromatic nitrogens is 1. The van der Waals surface area contributed by atoms with Crippen molar-refractivity contribution in [3.05, 3.63) is 36.4 Å². The van der Waals surface area contributed by atoms with Crippen LogP contribution >= 0.6 is 0 Å². The first-order valence-electron chi connectivity index (χ1n) is 4.38. The summed E-state index contributed by atoms with van der Waals surface area (Å²) >= 11 is 0.235. The molecule has 0 fully saturated rings. The maximum atomic E-state index is 5.73. The first-order chi connectivity index (χ1) is 6.83. The Morgan fingerprint density at radius 2 is 1.79 bits per heavy atom. The van der Waals surface area contributed by atoms with Gasteiger partial charge in [0.15, 0.2) is 0 Å². The standard InChI is InChI=1S/C11H8N2Se/c12-11-13-9-5-7-3-1-2-4-8(7)6-10(9)14-11/h1-6H,(H2,12,13). The quantitative estimate of drug-likeness (QED) is 0.617. The van der Waals surface area contributed by atoms with E-state index in [0.717, 1.165) is 10.2 Å². The predicted molar refractivity (Wildman–Crippen MR) is 60.6 cm³/mol. The number of nitrogens with two attached hydrogens (primary N) is 1. The fraction of sp³-hybridized carbons (Fsp3) is 0. The second kappa shape index (κ2) is 2.84. The summed E-state index contributed by atoms with van der Waals surface area (Å²) in [4.78, 5) is 4.32. The summed E-state index contributed by atoms with van der Waals surface area (Å²) in [5.41, 5.74) is 6.78. The van der Waals surface area contributed by atoms with Crippen molar-refractivity contribution in [2.24, 2.45) is 0 Å². The zero-order chi connectivity index (χ0) is 9.54. The van der Waals surface area contributed by atoms with Gasteiger partial charge >= 0.3 is 86.9 Å². The molecule has 0 saturated heterocycles.